The van der Waals surface area contributed by atoms with Gasteiger partial charge in [-0.15, -0.1) is 0 Å². The van der Waals surface area contributed by atoms with E-state index in [0.717, 1.165) is 33.8 Å². The standard InChI is InChI=1S/3C13H16N2O/c3*1-13(2,3)15-9-11(14-12(15)16)10-7-5-4-6-8-10/h3*4-9H,1-3H3,(H,14,16). The minimum Gasteiger partial charge on any atom is -0.306 e. The number of H-pyrrole nitrogens is 3. The number of aromatic nitrogens is 6. The molecular formula is C39H48N6O3. The minimum atomic E-state index is -0.194. The van der Waals surface area contributed by atoms with E-state index in [0.29, 0.717) is 0 Å². The number of imidazole rings is 3. The van der Waals surface area contributed by atoms with Crippen molar-refractivity contribution >= 4 is 0 Å². The van der Waals surface area contributed by atoms with Crippen LogP contribution in [0.2, 0.25) is 0 Å². The summed E-state index contributed by atoms with van der Waals surface area (Å²) in [5.74, 6) is 0. The second kappa shape index (κ2) is 14.2. The Morgan fingerprint density at radius 2 is 0.583 bits per heavy atom. The van der Waals surface area contributed by atoms with Gasteiger partial charge in [0, 0.05) is 35.2 Å². The largest absolute Gasteiger partial charge is 0.326 e. The van der Waals surface area contributed by atoms with E-state index in [1.807, 2.05) is 172 Å². The Hall–Kier alpha value is -5.31. The van der Waals surface area contributed by atoms with Crippen LogP contribution in [0.15, 0.2) is 124 Å². The number of hydrogen-bond donors (Lipinski definition) is 3. The lowest BCUT2D eigenvalue weighted by Crippen LogP contribution is -2.31. The van der Waals surface area contributed by atoms with Crippen molar-refractivity contribution in [2.75, 3.05) is 0 Å². The number of benzene rings is 3. The molecule has 0 amide bonds. The molecule has 0 atom stereocenters. The molecule has 0 aliphatic carbocycles. The van der Waals surface area contributed by atoms with E-state index < -0.39 is 0 Å². The predicted octanol–water partition coefficient (Wildman–Crippen LogP) is 7.80. The van der Waals surface area contributed by atoms with Crippen LogP contribution < -0.4 is 17.1 Å². The average molecular weight is 649 g/mol. The van der Waals surface area contributed by atoms with Gasteiger partial charge in [0.05, 0.1) is 17.1 Å². The van der Waals surface area contributed by atoms with Gasteiger partial charge in [0.25, 0.3) is 0 Å². The van der Waals surface area contributed by atoms with Crippen LogP contribution in [-0.4, -0.2) is 28.7 Å². The Bertz CT molecular complexity index is 1830. The molecule has 0 saturated carbocycles. The van der Waals surface area contributed by atoms with Crippen LogP contribution in [-0.2, 0) is 16.6 Å². The summed E-state index contributed by atoms with van der Waals surface area (Å²) in [7, 11) is 0. The van der Waals surface area contributed by atoms with Crippen molar-refractivity contribution in [1.82, 2.24) is 28.7 Å². The molecule has 252 valence electrons. The van der Waals surface area contributed by atoms with Gasteiger partial charge in [-0.1, -0.05) is 91.0 Å². The number of nitrogens with one attached hydrogen (secondary N) is 3. The molecule has 0 spiro atoms. The molecule has 9 heteroatoms. The highest BCUT2D eigenvalue weighted by atomic mass is 16.2. The first-order chi connectivity index (χ1) is 22.4. The molecule has 0 unspecified atom stereocenters. The van der Waals surface area contributed by atoms with E-state index in [-0.39, 0.29) is 33.7 Å². The predicted molar refractivity (Wildman–Crippen MR) is 196 cm³/mol. The molecule has 3 aromatic carbocycles. The van der Waals surface area contributed by atoms with E-state index in [1.54, 1.807) is 13.7 Å². The Morgan fingerprint density at radius 1 is 0.375 bits per heavy atom. The molecule has 0 fully saturated rings. The Morgan fingerprint density at radius 3 is 0.750 bits per heavy atom. The third-order valence-electron chi connectivity index (χ3n) is 7.58. The van der Waals surface area contributed by atoms with Gasteiger partial charge in [0.1, 0.15) is 0 Å². The normalized spacial score (nSPS) is 11.7. The highest BCUT2D eigenvalue weighted by Gasteiger charge is 2.19. The van der Waals surface area contributed by atoms with Crippen molar-refractivity contribution in [3.63, 3.8) is 0 Å². The van der Waals surface area contributed by atoms with Gasteiger partial charge in [0.2, 0.25) is 0 Å². The second-order valence-corrected chi connectivity index (χ2v) is 14.6. The minimum absolute atomic E-state index is 0.0636. The summed E-state index contributed by atoms with van der Waals surface area (Å²) >= 11 is 0. The maximum absolute atomic E-state index is 11.8. The van der Waals surface area contributed by atoms with Crippen LogP contribution in [0.4, 0.5) is 0 Å². The van der Waals surface area contributed by atoms with Crippen molar-refractivity contribution in [1.29, 1.82) is 0 Å². The molecule has 6 aromatic rings. The fraction of sp³-hybridized carbons (Fsp3) is 0.308. The summed E-state index contributed by atoms with van der Waals surface area (Å²) in [4.78, 5) is 43.9. The quantitative estimate of drug-likeness (QED) is 0.182. The third-order valence-corrected chi connectivity index (χ3v) is 7.58. The van der Waals surface area contributed by atoms with E-state index in [9.17, 15) is 14.4 Å². The smallest absolute Gasteiger partial charge is 0.306 e. The van der Waals surface area contributed by atoms with Crippen LogP contribution in [0.25, 0.3) is 33.8 Å². The van der Waals surface area contributed by atoms with Gasteiger partial charge in [0.15, 0.2) is 0 Å². The fourth-order valence-corrected chi connectivity index (χ4v) is 4.97. The highest BCUT2D eigenvalue weighted by molar-refractivity contribution is 5.59. The molecule has 3 aromatic heterocycles. The summed E-state index contributed by atoms with van der Waals surface area (Å²) in [5.41, 5.74) is 4.90. The van der Waals surface area contributed by atoms with Crippen molar-refractivity contribution < 1.29 is 0 Å². The summed E-state index contributed by atoms with van der Waals surface area (Å²) in [6.45, 7) is 18.1. The lowest BCUT2D eigenvalue weighted by atomic mass is 10.1. The van der Waals surface area contributed by atoms with Gasteiger partial charge in [-0.2, -0.15) is 0 Å². The summed E-state index contributed by atoms with van der Waals surface area (Å²) in [6.07, 6.45) is 5.62. The molecule has 0 aliphatic rings. The molecular weight excluding hydrogens is 600 g/mol. The average Bonchev–Trinajstić information content (AvgIpc) is 3.75. The van der Waals surface area contributed by atoms with Crippen LogP contribution in [0, 0.1) is 0 Å². The zero-order chi connectivity index (χ0) is 35.3. The van der Waals surface area contributed by atoms with Crippen LogP contribution in [0.5, 0.6) is 0 Å². The molecule has 3 heterocycles. The lowest BCUT2D eigenvalue weighted by molar-refractivity contribution is 0.385. The van der Waals surface area contributed by atoms with E-state index in [4.69, 9.17) is 0 Å². The van der Waals surface area contributed by atoms with Crippen molar-refractivity contribution in [3.05, 3.63) is 141 Å². The maximum atomic E-state index is 11.8. The first-order valence-electron chi connectivity index (χ1n) is 16.1. The van der Waals surface area contributed by atoms with E-state index >= 15 is 0 Å². The Kier molecular flexibility index (Phi) is 10.5. The molecule has 48 heavy (non-hydrogen) atoms. The zero-order valence-corrected chi connectivity index (χ0v) is 29.5. The van der Waals surface area contributed by atoms with E-state index in [2.05, 4.69) is 15.0 Å². The molecule has 9 nitrogen and oxygen atoms in total. The SMILES string of the molecule is CC(C)(C)n1cc(-c2ccccc2)[nH]c1=O.CC(C)(C)n1cc(-c2ccccc2)[nH]c1=O.CC(C)(C)n1cc(-c2ccccc2)[nH]c1=O. The number of rotatable bonds is 3. The maximum Gasteiger partial charge on any atom is 0.326 e. The van der Waals surface area contributed by atoms with Crippen molar-refractivity contribution in [2.24, 2.45) is 0 Å². The number of nitrogens with zero attached hydrogens (tertiary/aromatic N) is 3. The van der Waals surface area contributed by atoms with Gasteiger partial charge < -0.3 is 15.0 Å². The van der Waals surface area contributed by atoms with Crippen LogP contribution >= 0.6 is 0 Å². The Labute approximate surface area is 282 Å². The monoisotopic (exact) mass is 648 g/mol. The second-order valence-electron chi connectivity index (χ2n) is 14.6. The summed E-state index contributed by atoms with van der Waals surface area (Å²) in [6, 6.07) is 29.6. The number of hydrogen-bond acceptors (Lipinski definition) is 3. The third kappa shape index (κ3) is 8.94. The number of aromatic amines is 3. The summed E-state index contributed by atoms with van der Waals surface area (Å²) in [5, 5.41) is 0. The highest BCUT2D eigenvalue weighted by Crippen LogP contribution is 2.20. The van der Waals surface area contributed by atoms with E-state index in [1.165, 1.54) is 0 Å². The van der Waals surface area contributed by atoms with Crippen molar-refractivity contribution in [3.8, 4) is 33.8 Å². The lowest BCUT2D eigenvalue weighted by Gasteiger charge is -2.18. The van der Waals surface area contributed by atoms with Gasteiger partial charge in [-0.3, -0.25) is 13.7 Å². The van der Waals surface area contributed by atoms with Gasteiger partial charge in [-0.05, 0) is 79.0 Å². The van der Waals surface area contributed by atoms with Crippen molar-refractivity contribution in [2.45, 2.75) is 78.9 Å². The first-order valence-corrected chi connectivity index (χ1v) is 16.1. The van der Waals surface area contributed by atoms with Gasteiger partial charge >= 0.3 is 17.1 Å². The first kappa shape index (κ1) is 35.5. The molecule has 0 radical (unpaired) electrons. The molecule has 0 saturated heterocycles. The fourth-order valence-electron chi connectivity index (χ4n) is 4.97. The van der Waals surface area contributed by atoms with Gasteiger partial charge in [-0.25, -0.2) is 14.4 Å². The topological polar surface area (TPSA) is 113 Å². The Balaban J connectivity index is 0.000000163. The molecule has 0 bridgehead atoms. The zero-order valence-electron chi connectivity index (χ0n) is 29.5. The van der Waals surface area contributed by atoms with Crippen LogP contribution in [0.3, 0.4) is 0 Å². The summed E-state index contributed by atoms with van der Waals surface area (Å²) < 4.78 is 5.15. The molecule has 3 N–H and O–H groups in total. The molecule has 0 aliphatic heterocycles. The van der Waals surface area contributed by atoms with Crippen LogP contribution in [0.1, 0.15) is 62.3 Å². The molecule has 6 rings (SSSR count).